The summed E-state index contributed by atoms with van der Waals surface area (Å²) in [6.45, 7) is 2.25. The Bertz CT molecular complexity index is 1110. The molecule has 0 radical (unpaired) electrons. The lowest BCUT2D eigenvalue weighted by Gasteiger charge is -2.07. The predicted molar refractivity (Wildman–Crippen MR) is 112 cm³/mol. The summed E-state index contributed by atoms with van der Waals surface area (Å²) in [6, 6.07) is 12.7. The summed E-state index contributed by atoms with van der Waals surface area (Å²) < 4.78 is 11.1. The van der Waals surface area contributed by atoms with Crippen molar-refractivity contribution in [3.05, 3.63) is 55.0 Å². The minimum absolute atomic E-state index is 0.114. The van der Waals surface area contributed by atoms with Gasteiger partial charge < -0.3 is 14.8 Å². The van der Waals surface area contributed by atoms with Crippen LogP contribution in [0.5, 0.6) is 11.6 Å². The fourth-order valence-electron chi connectivity index (χ4n) is 2.61. The molecule has 30 heavy (non-hydrogen) atoms. The van der Waals surface area contributed by atoms with Crippen LogP contribution in [0.3, 0.4) is 0 Å². The summed E-state index contributed by atoms with van der Waals surface area (Å²) in [5.41, 5.74) is 0.793. The van der Waals surface area contributed by atoms with Crippen molar-refractivity contribution in [2.75, 3.05) is 18.5 Å². The van der Waals surface area contributed by atoms with Crippen molar-refractivity contribution in [2.24, 2.45) is 0 Å². The van der Waals surface area contributed by atoms with E-state index in [1.54, 1.807) is 24.4 Å². The fourth-order valence-corrected chi connectivity index (χ4v) is 3.56. The molecule has 0 atom stereocenters. The van der Waals surface area contributed by atoms with Crippen LogP contribution in [0.15, 0.2) is 55.0 Å². The Balaban J connectivity index is 1.49. The van der Waals surface area contributed by atoms with Crippen molar-refractivity contribution in [3.8, 4) is 32.9 Å². The highest BCUT2D eigenvalue weighted by molar-refractivity contribution is 7.18. The number of anilines is 1. The normalized spacial score (nSPS) is 10.6. The van der Waals surface area contributed by atoms with E-state index in [9.17, 15) is 4.79 Å². The van der Waals surface area contributed by atoms with E-state index in [-0.39, 0.29) is 12.5 Å². The van der Waals surface area contributed by atoms with Crippen molar-refractivity contribution in [1.82, 2.24) is 25.1 Å². The van der Waals surface area contributed by atoms with Crippen molar-refractivity contribution in [3.63, 3.8) is 0 Å². The van der Waals surface area contributed by atoms with Gasteiger partial charge in [0.1, 0.15) is 27.8 Å². The first-order chi connectivity index (χ1) is 14.7. The lowest BCUT2D eigenvalue weighted by Crippen LogP contribution is -2.20. The molecule has 152 valence electrons. The van der Waals surface area contributed by atoms with Crippen LogP contribution in [0.25, 0.3) is 21.3 Å². The van der Waals surface area contributed by atoms with Gasteiger partial charge in [0.2, 0.25) is 5.88 Å². The van der Waals surface area contributed by atoms with Crippen LogP contribution in [0, 0.1) is 0 Å². The third kappa shape index (κ3) is 4.61. The van der Waals surface area contributed by atoms with Crippen LogP contribution in [-0.2, 0) is 4.79 Å². The number of nitrogens with one attached hydrogen (secondary N) is 2. The molecule has 1 amide bonds. The Morgan fingerprint density at radius 1 is 1.17 bits per heavy atom. The first-order valence-electron chi connectivity index (χ1n) is 9.16. The van der Waals surface area contributed by atoms with E-state index in [0.29, 0.717) is 34.9 Å². The molecule has 4 rings (SSSR count). The number of rotatable bonds is 8. The topological polar surface area (TPSA) is 115 Å². The van der Waals surface area contributed by atoms with Crippen LogP contribution in [0.4, 0.5) is 5.82 Å². The van der Waals surface area contributed by atoms with Gasteiger partial charge in [-0.15, -0.1) is 11.3 Å². The lowest BCUT2D eigenvalue weighted by atomic mass is 10.2. The SMILES string of the molecule is CCOc1nc(-c2ccnc(NC(=O)COc3ccccc3)c2)sc1-c1ncn[nH]1. The maximum absolute atomic E-state index is 12.2. The number of pyridine rings is 1. The third-order valence-electron chi connectivity index (χ3n) is 3.89. The summed E-state index contributed by atoms with van der Waals surface area (Å²) >= 11 is 1.41. The number of H-pyrrole nitrogens is 1. The van der Waals surface area contributed by atoms with E-state index >= 15 is 0 Å². The van der Waals surface area contributed by atoms with Gasteiger partial charge in [0, 0.05) is 11.8 Å². The number of aromatic nitrogens is 5. The smallest absolute Gasteiger partial charge is 0.263 e. The molecule has 9 nitrogen and oxygen atoms in total. The number of amides is 1. The molecular formula is C20H18N6O3S. The van der Waals surface area contributed by atoms with Crippen LogP contribution >= 0.6 is 11.3 Å². The number of ether oxygens (including phenoxy) is 2. The Morgan fingerprint density at radius 3 is 2.80 bits per heavy atom. The molecule has 0 fully saturated rings. The van der Waals surface area contributed by atoms with Gasteiger partial charge in [0.05, 0.1) is 6.61 Å². The maximum Gasteiger partial charge on any atom is 0.263 e. The standard InChI is InChI=1S/C20H18N6O3S/c1-2-28-19-17(18-22-12-23-26-18)30-20(25-19)13-8-9-21-15(10-13)24-16(27)11-29-14-6-4-3-5-7-14/h3-10,12H,2,11H2,1H3,(H,21,24,27)(H,22,23,26). The molecule has 0 aliphatic rings. The highest BCUT2D eigenvalue weighted by Crippen LogP contribution is 2.38. The van der Waals surface area contributed by atoms with Gasteiger partial charge in [-0.2, -0.15) is 5.10 Å². The zero-order chi connectivity index (χ0) is 20.8. The molecule has 0 bridgehead atoms. The summed E-state index contributed by atoms with van der Waals surface area (Å²) in [6.07, 6.45) is 3.04. The van der Waals surface area contributed by atoms with Gasteiger partial charge >= 0.3 is 0 Å². The zero-order valence-electron chi connectivity index (χ0n) is 16.0. The number of carbonyl (C=O) groups excluding carboxylic acids is 1. The quantitative estimate of drug-likeness (QED) is 0.447. The number of benzene rings is 1. The number of thiazole rings is 1. The summed E-state index contributed by atoms with van der Waals surface area (Å²) in [5.74, 6) is 1.79. The van der Waals surface area contributed by atoms with Crippen LogP contribution in [-0.4, -0.2) is 44.3 Å². The average Bonchev–Trinajstić information content (AvgIpc) is 3.43. The number of para-hydroxylation sites is 1. The Hall–Kier alpha value is -3.79. The van der Waals surface area contributed by atoms with E-state index in [4.69, 9.17) is 9.47 Å². The summed E-state index contributed by atoms with van der Waals surface area (Å²) in [5, 5.41) is 10.2. The highest BCUT2D eigenvalue weighted by atomic mass is 32.1. The van der Waals surface area contributed by atoms with Gasteiger partial charge in [-0.25, -0.2) is 15.0 Å². The molecule has 3 heterocycles. The monoisotopic (exact) mass is 422 g/mol. The second-order valence-electron chi connectivity index (χ2n) is 6.00. The van der Waals surface area contributed by atoms with Crippen molar-refractivity contribution < 1.29 is 14.3 Å². The molecule has 0 spiro atoms. The Kier molecular flexibility index (Phi) is 5.95. The maximum atomic E-state index is 12.2. The molecule has 2 N–H and O–H groups in total. The molecule has 4 aromatic rings. The lowest BCUT2D eigenvalue weighted by molar-refractivity contribution is -0.118. The van der Waals surface area contributed by atoms with Crippen LogP contribution < -0.4 is 14.8 Å². The van der Waals surface area contributed by atoms with E-state index in [1.165, 1.54) is 17.7 Å². The van der Waals surface area contributed by atoms with Gasteiger partial charge in [-0.3, -0.25) is 9.89 Å². The molecule has 0 aliphatic carbocycles. The van der Waals surface area contributed by atoms with Crippen LogP contribution in [0.1, 0.15) is 6.92 Å². The summed E-state index contributed by atoms with van der Waals surface area (Å²) in [7, 11) is 0. The first kappa shape index (κ1) is 19.5. The molecule has 0 saturated carbocycles. The van der Waals surface area contributed by atoms with Gasteiger partial charge in [0.25, 0.3) is 5.91 Å². The number of hydrogen-bond donors (Lipinski definition) is 2. The van der Waals surface area contributed by atoms with E-state index in [1.807, 2.05) is 31.2 Å². The van der Waals surface area contributed by atoms with Crippen molar-refractivity contribution in [1.29, 1.82) is 0 Å². The second kappa shape index (κ2) is 9.14. The minimum Gasteiger partial charge on any atom is -0.484 e. The van der Waals surface area contributed by atoms with Gasteiger partial charge in [-0.1, -0.05) is 18.2 Å². The largest absolute Gasteiger partial charge is 0.484 e. The van der Waals surface area contributed by atoms with E-state index in [2.05, 4.69) is 30.5 Å². The number of carbonyl (C=O) groups is 1. The average molecular weight is 422 g/mol. The molecule has 0 unspecified atom stereocenters. The molecular weight excluding hydrogens is 404 g/mol. The molecule has 3 aromatic heterocycles. The molecule has 10 heteroatoms. The molecule has 0 saturated heterocycles. The van der Waals surface area contributed by atoms with Gasteiger partial charge in [0.15, 0.2) is 12.4 Å². The first-order valence-corrected chi connectivity index (χ1v) is 9.98. The summed E-state index contributed by atoms with van der Waals surface area (Å²) in [4.78, 5) is 25.9. The van der Waals surface area contributed by atoms with Crippen molar-refractivity contribution >= 4 is 23.1 Å². The zero-order valence-corrected chi connectivity index (χ0v) is 16.8. The van der Waals surface area contributed by atoms with Crippen molar-refractivity contribution in [2.45, 2.75) is 6.92 Å². The predicted octanol–water partition coefficient (Wildman–Crippen LogP) is 3.41. The minimum atomic E-state index is -0.306. The van der Waals surface area contributed by atoms with Gasteiger partial charge in [-0.05, 0) is 31.2 Å². The number of hydrogen-bond acceptors (Lipinski definition) is 8. The Morgan fingerprint density at radius 2 is 2.03 bits per heavy atom. The molecule has 1 aromatic carbocycles. The van der Waals surface area contributed by atoms with E-state index in [0.717, 1.165) is 10.4 Å². The fraction of sp³-hybridized carbons (Fsp3) is 0.150. The highest BCUT2D eigenvalue weighted by Gasteiger charge is 2.18. The van der Waals surface area contributed by atoms with Crippen LogP contribution in [0.2, 0.25) is 0 Å². The second-order valence-corrected chi connectivity index (χ2v) is 7.00. The molecule has 0 aliphatic heterocycles. The number of nitrogens with zero attached hydrogens (tertiary/aromatic N) is 4. The third-order valence-corrected chi connectivity index (χ3v) is 4.99. The number of aromatic amines is 1. The Labute approximate surface area is 176 Å². The van der Waals surface area contributed by atoms with E-state index < -0.39 is 0 Å².